The van der Waals surface area contributed by atoms with E-state index in [9.17, 15) is 4.79 Å². The van der Waals surface area contributed by atoms with Crippen LogP contribution in [0.4, 0.5) is 0 Å². The Morgan fingerprint density at radius 2 is 1.94 bits per heavy atom. The average molecular weight is 420 g/mol. The standard InChI is InChI=1S/C25H29N3O3/c29-25(26-21-8-4-14-30-17-21)24-15-23(27-31-24)19-10-12-28(13-11-19)16-20-7-3-6-18-5-1-2-9-22(18)20/h1-3,5-7,9,15,19,21H,4,8,10-14,16-17H2,(H,26,29). The Bertz CT molecular complexity index is 1030. The van der Waals surface area contributed by atoms with Crippen LogP contribution in [-0.4, -0.2) is 48.3 Å². The summed E-state index contributed by atoms with van der Waals surface area (Å²) < 4.78 is 10.8. The summed E-state index contributed by atoms with van der Waals surface area (Å²) in [5.74, 6) is 0.452. The van der Waals surface area contributed by atoms with Crippen LogP contribution in [0.1, 0.15) is 53.4 Å². The minimum Gasteiger partial charge on any atom is -0.379 e. The Labute approximate surface area is 182 Å². The third-order valence-corrected chi connectivity index (χ3v) is 6.53. The molecule has 3 aromatic rings. The second-order valence-corrected chi connectivity index (χ2v) is 8.69. The molecule has 5 rings (SSSR count). The minimum atomic E-state index is -0.192. The maximum atomic E-state index is 12.5. The summed E-state index contributed by atoms with van der Waals surface area (Å²) in [7, 11) is 0. The van der Waals surface area contributed by atoms with Crippen molar-refractivity contribution >= 4 is 16.7 Å². The van der Waals surface area contributed by atoms with Gasteiger partial charge in [-0.1, -0.05) is 47.6 Å². The summed E-state index contributed by atoms with van der Waals surface area (Å²) in [5.41, 5.74) is 2.28. The number of aromatic nitrogens is 1. The summed E-state index contributed by atoms with van der Waals surface area (Å²) in [6.45, 7) is 4.34. The van der Waals surface area contributed by atoms with Crippen LogP contribution in [0, 0.1) is 0 Å². The second-order valence-electron chi connectivity index (χ2n) is 8.69. The van der Waals surface area contributed by atoms with Crippen molar-refractivity contribution < 1.29 is 14.1 Å². The first-order chi connectivity index (χ1) is 15.3. The van der Waals surface area contributed by atoms with Crippen molar-refractivity contribution in [2.24, 2.45) is 0 Å². The average Bonchev–Trinajstić information content (AvgIpc) is 3.31. The van der Waals surface area contributed by atoms with Gasteiger partial charge in [-0.05, 0) is 55.1 Å². The fourth-order valence-corrected chi connectivity index (χ4v) is 4.76. The highest BCUT2D eigenvalue weighted by Gasteiger charge is 2.26. The van der Waals surface area contributed by atoms with Gasteiger partial charge in [-0.2, -0.15) is 0 Å². The summed E-state index contributed by atoms with van der Waals surface area (Å²) in [6.07, 6.45) is 3.97. The van der Waals surface area contributed by atoms with Crippen LogP contribution in [0.5, 0.6) is 0 Å². The smallest absolute Gasteiger partial charge is 0.290 e. The van der Waals surface area contributed by atoms with Crippen molar-refractivity contribution in [3.8, 4) is 0 Å². The summed E-state index contributed by atoms with van der Waals surface area (Å²) >= 11 is 0. The van der Waals surface area contributed by atoms with Crippen molar-refractivity contribution in [1.29, 1.82) is 0 Å². The third-order valence-electron chi connectivity index (χ3n) is 6.53. The molecule has 2 saturated heterocycles. The van der Waals surface area contributed by atoms with Gasteiger partial charge >= 0.3 is 0 Å². The zero-order chi connectivity index (χ0) is 21.0. The molecule has 2 aliphatic heterocycles. The molecule has 1 atom stereocenters. The van der Waals surface area contributed by atoms with Gasteiger partial charge in [0.25, 0.3) is 5.91 Å². The molecule has 0 saturated carbocycles. The Morgan fingerprint density at radius 3 is 2.77 bits per heavy atom. The normalized spacial score (nSPS) is 20.7. The van der Waals surface area contributed by atoms with Crippen LogP contribution in [0.15, 0.2) is 53.1 Å². The molecule has 31 heavy (non-hydrogen) atoms. The first kappa shape index (κ1) is 20.2. The van der Waals surface area contributed by atoms with Gasteiger partial charge in [0, 0.05) is 25.1 Å². The highest BCUT2D eigenvalue weighted by molar-refractivity contribution is 5.91. The molecular formula is C25H29N3O3. The molecular weight excluding hydrogens is 390 g/mol. The zero-order valence-electron chi connectivity index (χ0n) is 17.8. The number of fused-ring (bicyclic) bond motifs is 1. The van der Waals surface area contributed by atoms with E-state index in [0.717, 1.165) is 57.6 Å². The number of carbonyl (C=O) groups is 1. The molecule has 0 bridgehead atoms. The molecule has 1 N–H and O–H groups in total. The molecule has 6 heteroatoms. The van der Waals surface area contributed by atoms with Gasteiger partial charge in [-0.25, -0.2) is 0 Å². The Hall–Kier alpha value is -2.70. The van der Waals surface area contributed by atoms with Gasteiger partial charge in [0.05, 0.1) is 18.3 Å². The van der Waals surface area contributed by atoms with Crippen LogP contribution in [0.25, 0.3) is 10.8 Å². The lowest BCUT2D eigenvalue weighted by Gasteiger charge is -2.31. The quantitative estimate of drug-likeness (QED) is 0.674. The molecule has 2 aliphatic rings. The molecule has 162 valence electrons. The van der Waals surface area contributed by atoms with Gasteiger partial charge in [-0.3, -0.25) is 9.69 Å². The number of nitrogens with one attached hydrogen (secondary N) is 1. The van der Waals surface area contributed by atoms with Crippen molar-refractivity contribution in [3.05, 3.63) is 65.5 Å². The third kappa shape index (κ3) is 4.65. The molecule has 0 radical (unpaired) electrons. The molecule has 2 aromatic carbocycles. The number of rotatable bonds is 5. The van der Waals surface area contributed by atoms with Gasteiger partial charge in [0.15, 0.2) is 0 Å². The number of benzene rings is 2. The fourth-order valence-electron chi connectivity index (χ4n) is 4.76. The minimum absolute atomic E-state index is 0.0621. The van der Waals surface area contributed by atoms with Crippen molar-refractivity contribution in [1.82, 2.24) is 15.4 Å². The Balaban J connectivity index is 1.17. The van der Waals surface area contributed by atoms with Gasteiger partial charge < -0.3 is 14.6 Å². The van der Waals surface area contributed by atoms with E-state index < -0.39 is 0 Å². The van der Waals surface area contributed by atoms with E-state index in [1.54, 1.807) is 0 Å². The lowest BCUT2D eigenvalue weighted by atomic mass is 9.93. The number of hydrogen-bond acceptors (Lipinski definition) is 5. The molecule has 0 spiro atoms. The molecule has 1 amide bonds. The van der Waals surface area contributed by atoms with E-state index in [-0.39, 0.29) is 11.9 Å². The van der Waals surface area contributed by atoms with E-state index in [4.69, 9.17) is 9.26 Å². The molecule has 1 aromatic heterocycles. The lowest BCUT2D eigenvalue weighted by Crippen LogP contribution is -2.40. The predicted molar refractivity (Wildman–Crippen MR) is 119 cm³/mol. The molecule has 0 aliphatic carbocycles. The Morgan fingerprint density at radius 1 is 1.10 bits per heavy atom. The SMILES string of the molecule is O=C(NC1CCCOC1)c1cc(C2CCN(Cc3cccc4ccccc34)CC2)no1. The number of amides is 1. The Kier molecular flexibility index (Phi) is 6.00. The number of nitrogens with zero attached hydrogens (tertiary/aromatic N) is 2. The maximum absolute atomic E-state index is 12.5. The number of ether oxygens (including phenoxy) is 1. The van der Waals surface area contributed by atoms with E-state index in [1.165, 1.54) is 16.3 Å². The van der Waals surface area contributed by atoms with Crippen molar-refractivity contribution in [3.63, 3.8) is 0 Å². The van der Waals surface area contributed by atoms with Gasteiger partial charge in [-0.15, -0.1) is 0 Å². The van der Waals surface area contributed by atoms with Crippen LogP contribution in [0.3, 0.4) is 0 Å². The first-order valence-corrected chi connectivity index (χ1v) is 11.3. The van der Waals surface area contributed by atoms with Crippen molar-refractivity contribution in [2.45, 2.75) is 44.2 Å². The molecule has 2 fully saturated rings. The summed E-state index contributed by atoms with van der Waals surface area (Å²) in [4.78, 5) is 15.0. The summed E-state index contributed by atoms with van der Waals surface area (Å²) in [6, 6.07) is 17.0. The number of likely N-dealkylation sites (tertiary alicyclic amines) is 1. The van der Waals surface area contributed by atoms with E-state index >= 15 is 0 Å². The molecule has 6 nitrogen and oxygen atoms in total. The highest BCUT2D eigenvalue weighted by Crippen LogP contribution is 2.29. The zero-order valence-corrected chi connectivity index (χ0v) is 17.8. The number of hydrogen-bond donors (Lipinski definition) is 1. The molecule has 1 unspecified atom stereocenters. The van der Waals surface area contributed by atoms with Crippen molar-refractivity contribution in [2.75, 3.05) is 26.3 Å². The van der Waals surface area contributed by atoms with Crippen LogP contribution in [-0.2, 0) is 11.3 Å². The maximum Gasteiger partial charge on any atom is 0.290 e. The number of piperidine rings is 1. The predicted octanol–water partition coefficient (Wildman–Crippen LogP) is 4.12. The highest BCUT2D eigenvalue weighted by atomic mass is 16.5. The number of carbonyl (C=O) groups excluding carboxylic acids is 1. The van der Waals surface area contributed by atoms with E-state index in [2.05, 4.69) is 57.8 Å². The second kappa shape index (κ2) is 9.20. The largest absolute Gasteiger partial charge is 0.379 e. The summed E-state index contributed by atoms with van der Waals surface area (Å²) in [5, 5.41) is 9.84. The van der Waals surface area contributed by atoms with Crippen LogP contribution in [0.2, 0.25) is 0 Å². The first-order valence-electron chi connectivity index (χ1n) is 11.3. The van der Waals surface area contributed by atoms with E-state index in [1.807, 2.05) is 6.07 Å². The van der Waals surface area contributed by atoms with Crippen LogP contribution < -0.4 is 5.32 Å². The van der Waals surface area contributed by atoms with E-state index in [0.29, 0.717) is 18.3 Å². The fraction of sp³-hybridized carbons (Fsp3) is 0.440. The molecule has 3 heterocycles. The lowest BCUT2D eigenvalue weighted by molar-refractivity contribution is 0.0608. The monoisotopic (exact) mass is 419 g/mol. The van der Waals surface area contributed by atoms with Crippen LogP contribution >= 0.6 is 0 Å². The topological polar surface area (TPSA) is 67.6 Å². The van der Waals surface area contributed by atoms with Gasteiger partial charge in [0.2, 0.25) is 5.76 Å². The van der Waals surface area contributed by atoms with Gasteiger partial charge in [0.1, 0.15) is 0 Å².